The lowest BCUT2D eigenvalue weighted by Gasteiger charge is -2.52. The number of rotatable bonds is 25. The number of nitrogens with one attached hydrogen (secondary N) is 2. The number of hydrogen-bond donors (Lipinski definition) is 16. The summed E-state index contributed by atoms with van der Waals surface area (Å²) in [6.45, 7) is -0.932. The van der Waals surface area contributed by atoms with Gasteiger partial charge in [0.1, 0.15) is 85.4 Å². The van der Waals surface area contributed by atoms with Crippen LogP contribution in [0.25, 0.3) is 0 Å². The lowest BCUT2D eigenvalue weighted by atomic mass is 9.88. The number of esters is 1. The van der Waals surface area contributed by atoms with Gasteiger partial charge in [0.2, 0.25) is 5.91 Å². The highest BCUT2D eigenvalue weighted by molar-refractivity contribution is 5.95. The van der Waals surface area contributed by atoms with E-state index in [4.69, 9.17) is 37.9 Å². The Morgan fingerprint density at radius 2 is 1.36 bits per heavy atom. The van der Waals surface area contributed by atoms with Crippen LogP contribution in [0.15, 0.2) is 18.2 Å². The Bertz CT molecular complexity index is 2010. The van der Waals surface area contributed by atoms with Crippen molar-refractivity contribution in [3.05, 3.63) is 23.8 Å². The summed E-state index contributed by atoms with van der Waals surface area (Å²) >= 11 is 0. The largest absolute Gasteiger partial charge is 0.504 e. The van der Waals surface area contributed by atoms with Gasteiger partial charge in [0.15, 0.2) is 30.4 Å². The van der Waals surface area contributed by atoms with E-state index in [1.807, 2.05) is 0 Å². The first-order valence-electron chi connectivity index (χ1n) is 24.4. The number of carboxylic acid groups (broad SMARTS) is 1. The van der Waals surface area contributed by atoms with Gasteiger partial charge >= 0.3 is 11.9 Å². The van der Waals surface area contributed by atoms with Crippen molar-refractivity contribution in [2.75, 3.05) is 33.5 Å². The summed E-state index contributed by atoms with van der Waals surface area (Å²) in [5.74, 6) is -8.70. The van der Waals surface area contributed by atoms with Crippen molar-refractivity contribution >= 4 is 23.8 Å². The van der Waals surface area contributed by atoms with E-state index in [0.717, 1.165) is 38.0 Å². The molecule has 75 heavy (non-hydrogen) atoms. The molecule has 0 saturated carbocycles. The Labute approximate surface area is 429 Å². The maximum absolute atomic E-state index is 14.1. The van der Waals surface area contributed by atoms with E-state index in [0.29, 0.717) is 25.7 Å². The van der Waals surface area contributed by atoms with Gasteiger partial charge in [-0.15, -0.1) is 0 Å². The van der Waals surface area contributed by atoms with E-state index < -0.39 is 184 Å². The van der Waals surface area contributed by atoms with Crippen molar-refractivity contribution < 1.29 is 133 Å². The van der Waals surface area contributed by atoms with Gasteiger partial charge < -0.3 is 125 Å². The van der Waals surface area contributed by atoms with E-state index >= 15 is 0 Å². The first kappa shape index (κ1) is 61.8. The third kappa shape index (κ3) is 15.2. The van der Waals surface area contributed by atoms with Crippen LogP contribution >= 0.6 is 0 Å². The molecule has 5 rings (SSSR count). The third-order valence-corrected chi connectivity index (χ3v) is 13.4. The summed E-state index contributed by atoms with van der Waals surface area (Å²) in [6.07, 6.45) is -32.0. The number of phenolic OH excluding ortho intramolecular Hbond substituents is 2. The van der Waals surface area contributed by atoms with Crippen LogP contribution in [0.5, 0.6) is 11.5 Å². The summed E-state index contributed by atoms with van der Waals surface area (Å²) < 4.78 is 52.7. The second-order valence-electron chi connectivity index (χ2n) is 18.8. The number of aliphatic hydroxyl groups excluding tert-OH is 11. The van der Waals surface area contributed by atoms with Crippen molar-refractivity contribution in [3.8, 4) is 11.5 Å². The van der Waals surface area contributed by atoms with E-state index in [-0.39, 0.29) is 24.6 Å². The average molecular weight is 1090 g/mol. The highest BCUT2D eigenvalue weighted by atomic mass is 16.8. The number of ether oxygens (including phenoxy) is 9. The molecule has 4 fully saturated rings. The van der Waals surface area contributed by atoms with Crippen LogP contribution in [-0.4, -0.2) is 257 Å². The van der Waals surface area contributed by atoms with Crippen molar-refractivity contribution in [3.63, 3.8) is 0 Å². The van der Waals surface area contributed by atoms with Gasteiger partial charge in [-0.05, 0) is 38.0 Å². The summed E-state index contributed by atoms with van der Waals surface area (Å²) in [6, 6.07) is -0.348. The highest BCUT2D eigenvalue weighted by Gasteiger charge is 2.61. The van der Waals surface area contributed by atoms with Crippen LogP contribution in [0, 0.1) is 0 Å². The zero-order chi connectivity index (χ0) is 55.5. The standard InChI is InChI=1S/C46H72N2O27/c1-19-31(58)34(61)35(62)43(69-19)72-37-27(18-51)71-42(68-13-9-7-5-4-6-8-10-28(57)67-3)30(48-41(64)21-11-12-22(53)23(54)14-21)39(37)73-44-36(63)40(33(60)26(17-50)70-44)75-46(45(65)66)15-24(55)29(47-20(2)52)38(74-46)32(59)25(56)16-49/h11-12,14,19,24-27,29-40,42-44,49-51,53-56,58-63H,4-10,13,15-18H2,1-3H3,(H,47,52)(H,48,64)(H,65,66)/t19?,24?,25?,26?,27?,29-,30?,31-,32?,33+,34?,35?,36?,37-,38?,39?,40?,42-,43?,44?,46+/m1/s1. The molecule has 0 aromatic heterocycles. The van der Waals surface area contributed by atoms with Gasteiger partial charge in [-0.25, -0.2) is 4.79 Å². The minimum atomic E-state index is -3.19. The first-order valence-corrected chi connectivity index (χ1v) is 24.4. The van der Waals surface area contributed by atoms with Gasteiger partial charge in [0.25, 0.3) is 11.7 Å². The van der Waals surface area contributed by atoms with Crippen LogP contribution < -0.4 is 10.6 Å². The molecule has 4 saturated heterocycles. The molecule has 4 aliphatic rings. The number of aliphatic hydroxyl groups is 11. The monoisotopic (exact) mass is 1080 g/mol. The minimum absolute atomic E-state index is 0.0875. The Hall–Kier alpha value is -4.06. The number of carbonyl (C=O) groups excluding carboxylic acids is 3. The summed E-state index contributed by atoms with van der Waals surface area (Å²) in [5, 5.41) is 155. The molecule has 21 atom stereocenters. The van der Waals surface area contributed by atoms with Crippen molar-refractivity contribution in [2.45, 2.75) is 194 Å². The van der Waals surface area contributed by atoms with Crippen LogP contribution in [0.2, 0.25) is 0 Å². The Morgan fingerprint density at radius 1 is 0.733 bits per heavy atom. The van der Waals surface area contributed by atoms with Gasteiger partial charge in [0.05, 0.1) is 45.2 Å². The first-order chi connectivity index (χ1) is 35.5. The Morgan fingerprint density at radius 3 is 1.97 bits per heavy atom. The number of methoxy groups -OCH3 is 1. The third-order valence-electron chi connectivity index (χ3n) is 13.4. The van der Waals surface area contributed by atoms with E-state index in [9.17, 15) is 90.7 Å². The molecule has 29 heteroatoms. The Balaban J connectivity index is 1.54. The van der Waals surface area contributed by atoms with Crippen molar-refractivity contribution in [1.82, 2.24) is 10.6 Å². The number of phenols is 2. The zero-order valence-electron chi connectivity index (χ0n) is 41.3. The molecule has 15 unspecified atom stereocenters. The summed E-state index contributed by atoms with van der Waals surface area (Å²) in [4.78, 5) is 51.0. The minimum Gasteiger partial charge on any atom is -0.504 e. The normalized spacial score (nSPS) is 37.0. The second-order valence-corrected chi connectivity index (χ2v) is 18.8. The molecule has 2 amide bonds. The predicted octanol–water partition coefficient (Wildman–Crippen LogP) is -5.59. The molecule has 0 radical (unpaired) electrons. The van der Waals surface area contributed by atoms with Crippen molar-refractivity contribution in [1.29, 1.82) is 0 Å². The SMILES string of the molecule is COC(=O)CCCCCCCCO[C@@H]1OC(CO)[C@@H](OC2OC(C)[C@@H](O)C(O)C2O)C(OC2OC(CO)[C@H](O)C(O[C@]3(C(=O)O)CC(O)[C@@H](NC(C)=O)C(C(O)C(O)CO)O3)C2O)C1NC(=O)c1ccc(O)c(O)c1. The number of unbranched alkanes of at least 4 members (excludes halogenated alkanes) is 5. The fraction of sp³-hybridized carbons (Fsp3) is 0.783. The number of carboxylic acids is 1. The number of benzene rings is 1. The zero-order valence-corrected chi connectivity index (χ0v) is 41.3. The topological polar surface area (TPSA) is 459 Å². The molecule has 0 aliphatic carbocycles. The van der Waals surface area contributed by atoms with Crippen LogP contribution in [0.1, 0.15) is 75.6 Å². The van der Waals surface area contributed by atoms with Crippen LogP contribution in [0.4, 0.5) is 0 Å². The molecule has 0 spiro atoms. The molecule has 4 aliphatic heterocycles. The highest BCUT2D eigenvalue weighted by Crippen LogP contribution is 2.40. The van der Waals surface area contributed by atoms with E-state index in [1.165, 1.54) is 14.0 Å². The van der Waals surface area contributed by atoms with Gasteiger partial charge in [-0.3, -0.25) is 14.4 Å². The smallest absolute Gasteiger partial charge is 0.364 e. The molecule has 1 aromatic carbocycles. The number of aromatic hydroxyl groups is 2. The van der Waals surface area contributed by atoms with E-state index in [2.05, 4.69) is 15.4 Å². The molecule has 4 heterocycles. The summed E-state index contributed by atoms with van der Waals surface area (Å²) in [5.41, 5.74) is -0.274. The number of amides is 2. The molecular weight excluding hydrogens is 1010 g/mol. The fourth-order valence-electron chi connectivity index (χ4n) is 9.16. The lowest BCUT2D eigenvalue weighted by Crippen LogP contribution is -2.71. The van der Waals surface area contributed by atoms with Gasteiger partial charge in [0, 0.05) is 31.9 Å². The maximum Gasteiger partial charge on any atom is 0.364 e. The molecule has 16 N–H and O–H groups in total. The number of hydrogen-bond acceptors (Lipinski definition) is 26. The molecule has 29 nitrogen and oxygen atoms in total. The fourth-order valence-corrected chi connectivity index (χ4v) is 9.16. The molecular formula is C46H72N2O27. The van der Waals surface area contributed by atoms with Crippen molar-refractivity contribution in [2.24, 2.45) is 0 Å². The maximum atomic E-state index is 14.1. The quantitative estimate of drug-likeness (QED) is 0.0247. The number of carbonyl (C=O) groups is 4. The van der Waals surface area contributed by atoms with Gasteiger partial charge in [-0.2, -0.15) is 0 Å². The summed E-state index contributed by atoms with van der Waals surface area (Å²) in [7, 11) is 1.30. The molecule has 1 aromatic rings. The second kappa shape index (κ2) is 28.0. The number of aliphatic carboxylic acids is 1. The Kier molecular flexibility index (Phi) is 23.1. The van der Waals surface area contributed by atoms with Gasteiger partial charge in [-0.1, -0.05) is 25.7 Å². The lowest BCUT2D eigenvalue weighted by molar-refractivity contribution is -0.390. The average Bonchev–Trinajstić information content (AvgIpc) is 3.38. The predicted molar refractivity (Wildman–Crippen MR) is 244 cm³/mol. The van der Waals surface area contributed by atoms with E-state index in [1.54, 1.807) is 0 Å². The molecule has 0 bridgehead atoms. The molecule has 428 valence electrons. The van der Waals surface area contributed by atoms with Crippen LogP contribution in [-0.2, 0) is 57.0 Å². The van der Waals surface area contributed by atoms with Crippen LogP contribution in [0.3, 0.4) is 0 Å².